The molecule has 1 aromatic rings. The van der Waals surface area contributed by atoms with Gasteiger partial charge in [-0.2, -0.15) is 0 Å². The van der Waals surface area contributed by atoms with Crippen LogP contribution in [0.15, 0.2) is 18.2 Å². The molecular formula is C16H26N2O3. The topological polar surface area (TPSA) is 86.8 Å². The van der Waals surface area contributed by atoms with Crippen LogP contribution < -0.4 is 5.73 Å². The maximum Gasteiger partial charge on any atom is 0.240 e. The van der Waals surface area contributed by atoms with Gasteiger partial charge in [-0.25, -0.2) is 0 Å². The fourth-order valence-electron chi connectivity index (χ4n) is 2.20. The summed E-state index contributed by atoms with van der Waals surface area (Å²) in [5.74, 6) is -0.0927. The first kappa shape index (κ1) is 17.3. The lowest BCUT2D eigenvalue weighted by molar-refractivity contribution is -0.134. The van der Waals surface area contributed by atoms with Crippen LogP contribution in [0.5, 0.6) is 11.5 Å². The predicted octanol–water partition coefficient (Wildman–Crippen LogP) is 1.86. The Kier molecular flexibility index (Phi) is 6.03. The van der Waals surface area contributed by atoms with Crippen molar-refractivity contribution in [3.05, 3.63) is 23.8 Å². The lowest BCUT2D eigenvalue weighted by Crippen LogP contribution is -2.49. The first-order chi connectivity index (χ1) is 9.72. The predicted molar refractivity (Wildman–Crippen MR) is 83.1 cm³/mol. The highest BCUT2D eigenvalue weighted by Gasteiger charge is 2.24. The van der Waals surface area contributed by atoms with Gasteiger partial charge in [-0.05, 0) is 43.9 Å². The van der Waals surface area contributed by atoms with Crippen molar-refractivity contribution >= 4 is 5.91 Å². The summed E-state index contributed by atoms with van der Waals surface area (Å²) in [4.78, 5) is 14.3. The number of phenols is 2. The number of aromatic hydroxyl groups is 2. The van der Waals surface area contributed by atoms with E-state index in [1.54, 1.807) is 11.0 Å². The summed E-state index contributed by atoms with van der Waals surface area (Å²) in [5.41, 5.74) is 6.74. The molecule has 1 atom stereocenters. The summed E-state index contributed by atoms with van der Waals surface area (Å²) in [6.07, 6.45) is 0.327. The molecule has 1 rings (SSSR count). The van der Waals surface area contributed by atoms with Crippen molar-refractivity contribution in [1.29, 1.82) is 0 Å². The lowest BCUT2D eigenvalue weighted by atomic mass is 10.0. The van der Waals surface area contributed by atoms with E-state index in [-0.39, 0.29) is 23.4 Å². The summed E-state index contributed by atoms with van der Waals surface area (Å²) in [6, 6.07) is 3.93. The van der Waals surface area contributed by atoms with E-state index in [0.29, 0.717) is 18.9 Å². The van der Waals surface area contributed by atoms with Crippen LogP contribution in [0, 0.1) is 5.92 Å². The molecule has 0 saturated heterocycles. The zero-order valence-electron chi connectivity index (χ0n) is 13.2. The van der Waals surface area contributed by atoms with Gasteiger partial charge in [0.05, 0.1) is 6.04 Å². The monoisotopic (exact) mass is 294 g/mol. The molecule has 0 heterocycles. The molecule has 0 aliphatic carbocycles. The van der Waals surface area contributed by atoms with Gasteiger partial charge in [0.25, 0.3) is 0 Å². The van der Waals surface area contributed by atoms with Crippen LogP contribution in [0.2, 0.25) is 0 Å². The molecule has 0 saturated carbocycles. The van der Waals surface area contributed by atoms with E-state index in [0.717, 1.165) is 5.56 Å². The normalized spacial score (nSPS) is 12.7. The maximum atomic E-state index is 12.5. The second-order valence-electron chi connectivity index (χ2n) is 6.11. The van der Waals surface area contributed by atoms with Gasteiger partial charge < -0.3 is 20.8 Å². The Morgan fingerprint density at radius 3 is 2.29 bits per heavy atom. The number of phenolic OH excluding ortho intramolecular Hbond substituents is 2. The molecule has 4 N–H and O–H groups in total. The number of amides is 1. The van der Waals surface area contributed by atoms with Gasteiger partial charge in [-0.15, -0.1) is 0 Å². The van der Waals surface area contributed by atoms with Crippen molar-refractivity contribution in [2.24, 2.45) is 11.7 Å². The van der Waals surface area contributed by atoms with Crippen molar-refractivity contribution in [3.63, 3.8) is 0 Å². The summed E-state index contributed by atoms with van der Waals surface area (Å²) in [7, 11) is 0. The van der Waals surface area contributed by atoms with E-state index in [9.17, 15) is 15.0 Å². The molecule has 5 nitrogen and oxygen atoms in total. The zero-order chi connectivity index (χ0) is 16.2. The molecule has 0 aliphatic rings. The van der Waals surface area contributed by atoms with Crippen LogP contribution in [0.1, 0.15) is 33.3 Å². The molecule has 0 bridgehead atoms. The number of carbonyl (C=O) groups is 1. The van der Waals surface area contributed by atoms with Gasteiger partial charge >= 0.3 is 0 Å². The third kappa shape index (κ3) is 4.93. The molecular weight excluding hydrogens is 268 g/mol. The third-order valence-corrected chi connectivity index (χ3v) is 3.28. The van der Waals surface area contributed by atoms with Gasteiger partial charge in [0.1, 0.15) is 0 Å². The average Bonchev–Trinajstić information content (AvgIpc) is 2.39. The van der Waals surface area contributed by atoms with E-state index in [2.05, 4.69) is 13.8 Å². The molecule has 1 aromatic carbocycles. The minimum atomic E-state index is -0.657. The van der Waals surface area contributed by atoms with Gasteiger partial charge in [0, 0.05) is 12.6 Å². The minimum Gasteiger partial charge on any atom is -0.504 e. The largest absolute Gasteiger partial charge is 0.504 e. The van der Waals surface area contributed by atoms with Crippen molar-refractivity contribution < 1.29 is 15.0 Å². The van der Waals surface area contributed by atoms with Crippen molar-refractivity contribution in [1.82, 2.24) is 4.90 Å². The SMILES string of the molecule is CC(C)CN(C(=O)[C@@H](N)Cc1ccc(O)c(O)c1)C(C)C. The Labute approximate surface area is 126 Å². The molecule has 0 aliphatic heterocycles. The number of carbonyl (C=O) groups excluding carboxylic acids is 1. The van der Waals surface area contributed by atoms with Gasteiger partial charge in [-0.1, -0.05) is 19.9 Å². The fraction of sp³-hybridized carbons (Fsp3) is 0.562. The molecule has 0 fully saturated rings. The molecule has 1 amide bonds. The Bertz CT molecular complexity index is 486. The lowest BCUT2D eigenvalue weighted by Gasteiger charge is -2.31. The zero-order valence-corrected chi connectivity index (χ0v) is 13.2. The highest BCUT2D eigenvalue weighted by atomic mass is 16.3. The molecule has 0 radical (unpaired) electrons. The summed E-state index contributed by atoms with van der Waals surface area (Å²) in [5, 5.41) is 18.8. The minimum absolute atomic E-state index is 0.0914. The van der Waals surface area contributed by atoms with E-state index >= 15 is 0 Å². The number of hydrogen-bond acceptors (Lipinski definition) is 4. The van der Waals surface area contributed by atoms with Gasteiger partial charge in [0.15, 0.2) is 11.5 Å². The smallest absolute Gasteiger partial charge is 0.240 e. The van der Waals surface area contributed by atoms with Crippen LogP contribution in [0.25, 0.3) is 0 Å². The average molecular weight is 294 g/mol. The molecule has 0 aromatic heterocycles. The number of rotatable bonds is 6. The third-order valence-electron chi connectivity index (χ3n) is 3.28. The molecule has 0 unspecified atom stereocenters. The van der Waals surface area contributed by atoms with Crippen molar-refractivity contribution in [2.75, 3.05) is 6.54 Å². The summed E-state index contributed by atoms with van der Waals surface area (Å²) >= 11 is 0. The van der Waals surface area contributed by atoms with Crippen molar-refractivity contribution in [3.8, 4) is 11.5 Å². The Morgan fingerprint density at radius 1 is 1.19 bits per heavy atom. The second kappa shape index (κ2) is 7.31. The van der Waals surface area contributed by atoms with E-state index in [1.165, 1.54) is 12.1 Å². The standard InChI is InChI=1S/C16H26N2O3/c1-10(2)9-18(11(3)4)16(21)13(17)7-12-5-6-14(19)15(20)8-12/h5-6,8,10-11,13,19-20H,7,9,17H2,1-4H3/t13-/m0/s1. The van der Waals surface area contributed by atoms with Crippen LogP contribution in [-0.4, -0.2) is 39.6 Å². The summed E-state index contributed by atoms with van der Waals surface area (Å²) in [6.45, 7) is 8.74. The molecule has 5 heteroatoms. The Hall–Kier alpha value is -1.75. The number of nitrogens with two attached hydrogens (primary N) is 1. The fourth-order valence-corrected chi connectivity index (χ4v) is 2.20. The van der Waals surface area contributed by atoms with Crippen LogP contribution in [0.4, 0.5) is 0 Å². The second-order valence-corrected chi connectivity index (χ2v) is 6.11. The first-order valence-corrected chi connectivity index (χ1v) is 7.29. The Morgan fingerprint density at radius 2 is 1.81 bits per heavy atom. The first-order valence-electron chi connectivity index (χ1n) is 7.29. The highest BCUT2D eigenvalue weighted by Crippen LogP contribution is 2.25. The van der Waals surface area contributed by atoms with E-state index < -0.39 is 6.04 Å². The van der Waals surface area contributed by atoms with Crippen LogP contribution in [0.3, 0.4) is 0 Å². The van der Waals surface area contributed by atoms with Gasteiger partial charge in [-0.3, -0.25) is 4.79 Å². The van der Waals surface area contributed by atoms with E-state index in [4.69, 9.17) is 5.73 Å². The number of nitrogens with zero attached hydrogens (tertiary/aromatic N) is 1. The Balaban J connectivity index is 2.78. The van der Waals surface area contributed by atoms with Crippen molar-refractivity contribution in [2.45, 2.75) is 46.2 Å². The highest BCUT2D eigenvalue weighted by molar-refractivity contribution is 5.82. The number of hydrogen-bond donors (Lipinski definition) is 3. The quantitative estimate of drug-likeness (QED) is 0.699. The molecule has 21 heavy (non-hydrogen) atoms. The maximum absolute atomic E-state index is 12.5. The molecule has 118 valence electrons. The van der Waals surface area contributed by atoms with Crippen LogP contribution >= 0.6 is 0 Å². The van der Waals surface area contributed by atoms with Gasteiger partial charge in [0.2, 0.25) is 5.91 Å². The van der Waals surface area contributed by atoms with E-state index in [1.807, 2.05) is 13.8 Å². The number of benzene rings is 1. The molecule has 0 spiro atoms. The van der Waals surface area contributed by atoms with Crippen LogP contribution in [-0.2, 0) is 11.2 Å². The summed E-state index contributed by atoms with van der Waals surface area (Å²) < 4.78 is 0.